The maximum atomic E-state index is 13.4. The van der Waals surface area contributed by atoms with Crippen LogP contribution in [-0.4, -0.2) is 65.5 Å². The van der Waals surface area contributed by atoms with Crippen LogP contribution in [0.3, 0.4) is 0 Å². The largest absolute Gasteiger partial charge is 0.507 e. The zero-order chi connectivity index (χ0) is 28.8. The molecule has 1 saturated heterocycles. The molecule has 1 amide bonds. The summed E-state index contributed by atoms with van der Waals surface area (Å²) in [5, 5.41) is 21.8. The molecule has 3 aromatic rings. The maximum Gasteiger partial charge on any atom is 0.295 e. The van der Waals surface area contributed by atoms with Gasteiger partial charge in [0.15, 0.2) is 11.5 Å². The SMILES string of the molecule is CCOc1cc([C@@H]2C(=C(O)c3ccc(OCc4ccccc4)cc3C)C(=O)C(=O)N2CCCN(C)C)ccc1O. The van der Waals surface area contributed by atoms with E-state index in [1.807, 2.05) is 56.3 Å². The third kappa shape index (κ3) is 6.29. The lowest BCUT2D eigenvalue weighted by atomic mass is 9.93. The van der Waals surface area contributed by atoms with Gasteiger partial charge in [0.1, 0.15) is 18.1 Å². The molecule has 8 heteroatoms. The summed E-state index contributed by atoms with van der Waals surface area (Å²) in [6.45, 7) is 5.39. The number of carbonyl (C=O) groups is 2. The van der Waals surface area contributed by atoms with Crippen molar-refractivity contribution in [3.63, 3.8) is 0 Å². The number of phenolic OH excluding ortho intramolecular Hbond substituents is 1. The number of aliphatic hydroxyl groups excluding tert-OH is 1. The molecule has 0 radical (unpaired) electrons. The van der Waals surface area contributed by atoms with Crippen LogP contribution in [0.15, 0.2) is 72.3 Å². The van der Waals surface area contributed by atoms with Gasteiger partial charge in [-0.1, -0.05) is 36.4 Å². The normalized spacial score (nSPS) is 16.5. The molecule has 40 heavy (non-hydrogen) atoms. The predicted octanol–water partition coefficient (Wildman–Crippen LogP) is 5.05. The average molecular weight is 545 g/mol. The number of amides is 1. The topological polar surface area (TPSA) is 99.5 Å². The van der Waals surface area contributed by atoms with Crippen molar-refractivity contribution in [2.45, 2.75) is 32.9 Å². The van der Waals surface area contributed by atoms with Gasteiger partial charge in [0.2, 0.25) is 0 Å². The Morgan fingerprint density at radius 2 is 1.75 bits per heavy atom. The van der Waals surface area contributed by atoms with Crippen LogP contribution in [0.2, 0.25) is 0 Å². The zero-order valence-corrected chi connectivity index (χ0v) is 23.4. The van der Waals surface area contributed by atoms with Crippen LogP contribution >= 0.6 is 0 Å². The first-order chi connectivity index (χ1) is 19.2. The fourth-order valence-corrected chi connectivity index (χ4v) is 4.86. The summed E-state index contributed by atoms with van der Waals surface area (Å²) in [6.07, 6.45) is 0.638. The molecule has 8 nitrogen and oxygen atoms in total. The van der Waals surface area contributed by atoms with E-state index < -0.39 is 17.7 Å². The highest BCUT2D eigenvalue weighted by Crippen LogP contribution is 2.42. The van der Waals surface area contributed by atoms with Crippen molar-refractivity contribution in [2.75, 3.05) is 33.8 Å². The summed E-state index contributed by atoms with van der Waals surface area (Å²) in [7, 11) is 3.88. The first kappa shape index (κ1) is 28.7. The number of hydrogen-bond acceptors (Lipinski definition) is 7. The molecule has 0 spiro atoms. The number of aromatic hydroxyl groups is 1. The number of rotatable bonds is 11. The Morgan fingerprint density at radius 3 is 2.42 bits per heavy atom. The second-order valence-electron chi connectivity index (χ2n) is 10.1. The number of carbonyl (C=O) groups excluding carboxylic acids is 2. The molecular weight excluding hydrogens is 508 g/mol. The highest BCUT2D eigenvalue weighted by molar-refractivity contribution is 6.46. The molecule has 1 fully saturated rings. The van der Waals surface area contributed by atoms with E-state index in [2.05, 4.69) is 0 Å². The van der Waals surface area contributed by atoms with Crippen LogP contribution in [0, 0.1) is 6.92 Å². The Bertz CT molecular complexity index is 1400. The lowest BCUT2D eigenvalue weighted by molar-refractivity contribution is -0.139. The van der Waals surface area contributed by atoms with Crippen molar-refractivity contribution in [1.29, 1.82) is 0 Å². The number of hydrogen-bond donors (Lipinski definition) is 2. The lowest BCUT2D eigenvalue weighted by Crippen LogP contribution is -2.32. The Labute approximate surface area is 235 Å². The van der Waals surface area contributed by atoms with Gasteiger partial charge in [-0.15, -0.1) is 0 Å². The van der Waals surface area contributed by atoms with Crippen molar-refractivity contribution in [3.05, 3.63) is 94.6 Å². The minimum absolute atomic E-state index is 0.00375. The van der Waals surface area contributed by atoms with Crippen molar-refractivity contribution in [3.8, 4) is 17.2 Å². The molecule has 0 saturated carbocycles. The molecule has 4 rings (SSSR count). The van der Waals surface area contributed by atoms with Gasteiger partial charge in [-0.05, 0) is 87.9 Å². The van der Waals surface area contributed by atoms with E-state index in [0.717, 1.165) is 12.1 Å². The number of phenols is 1. The average Bonchev–Trinajstić information content (AvgIpc) is 3.18. The van der Waals surface area contributed by atoms with E-state index in [0.29, 0.717) is 48.6 Å². The first-order valence-corrected chi connectivity index (χ1v) is 13.4. The monoisotopic (exact) mass is 544 g/mol. The fourth-order valence-electron chi connectivity index (χ4n) is 4.86. The summed E-state index contributed by atoms with van der Waals surface area (Å²) in [5.74, 6) is -0.846. The molecule has 1 heterocycles. The fraction of sp³-hybridized carbons (Fsp3) is 0.312. The third-order valence-corrected chi connectivity index (χ3v) is 6.85. The number of Topliss-reactive ketones (excluding diaryl/α,β-unsaturated/α-hetero) is 1. The molecule has 0 bridgehead atoms. The molecule has 1 aliphatic rings. The van der Waals surface area contributed by atoms with Gasteiger partial charge < -0.3 is 29.5 Å². The van der Waals surface area contributed by atoms with Crippen LogP contribution in [-0.2, 0) is 16.2 Å². The molecule has 3 aromatic carbocycles. The van der Waals surface area contributed by atoms with Crippen molar-refractivity contribution >= 4 is 17.4 Å². The van der Waals surface area contributed by atoms with Gasteiger partial charge in [0.25, 0.3) is 11.7 Å². The lowest BCUT2D eigenvalue weighted by Gasteiger charge is -2.26. The van der Waals surface area contributed by atoms with Gasteiger partial charge in [-0.2, -0.15) is 0 Å². The molecule has 0 unspecified atom stereocenters. The van der Waals surface area contributed by atoms with E-state index in [-0.39, 0.29) is 22.8 Å². The van der Waals surface area contributed by atoms with Crippen LogP contribution in [0.25, 0.3) is 5.76 Å². The number of ketones is 1. The van der Waals surface area contributed by atoms with E-state index in [1.54, 1.807) is 37.3 Å². The van der Waals surface area contributed by atoms with Crippen LogP contribution in [0.4, 0.5) is 0 Å². The van der Waals surface area contributed by atoms with Gasteiger partial charge in [0.05, 0.1) is 18.2 Å². The van der Waals surface area contributed by atoms with Crippen molar-refractivity contribution < 1.29 is 29.3 Å². The molecule has 2 N–H and O–H groups in total. The Balaban J connectivity index is 1.72. The van der Waals surface area contributed by atoms with Crippen LogP contribution in [0.1, 0.15) is 41.6 Å². The highest BCUT2D eigenvalue weighted by atomic mass is 16.5. The van der Waals surface area contributed by atoms with E-state index in [1.165, 1.54) is 11.0 Å². The van der Waals surface area contributed by atoms with Crippen LogP contribution in [0.5, 0.6) is 17.2 Å². The minimum atomic E-state index is -0.838. The number of likely N-dealkylation sites (tertiary alicyclic amines) is 1. The van der Waals surface area contributed by atoms with Crippen molar-refractivity contribution in [2.24, 2.45) is 0 Å². The first-order valence-electron chi connectivity index (χ1n) is 13.4. The smallest absolute Gasteiger partial charge is 0.295 e. The van der Waals surface area contributed by atoms with Gasteiger partial charge in [-0.25, -0.2) is 0 Å². The predicted molar refractivity (Wildman–Crippen MR) is 153 cm³/mol. The van der Waals surface area contributed by atoms with Crippen LogP contribution < -0.4 is 9.47 Å². The highest BCUT2D eigenvalue weighted by Gasteiger charge is 2.46. The Hall–Kier alpha value is -4.30. The van der Waals surface area contributed by atoms with E-state index in [9.17, 15) is 19.8 Å². The summed E-state index contributed by atoms with van der Waals surface area (Å²) < 4.78 is 11.5. The number of aliphatic hydroxyl groups is 1. The maximum absolute atomic E-state index is 13.4. The third-order valence-electron chi connectivity index (χ3n) is 6.85. The number of nitrogens with zero attached hydrogens (tertiary/aromatic N) is 2. The van der Waals surface area contributed by atoms with Crippen molar-refractivity contribution in [1.82, 2.24) is 9.80 Å². The van der Waals surface area contributed by atoms with Gasteiger partial charge in [-0.3, -0.25) is 9.59 Å². The van der Waals surface area contributed by atoms with Gasteiger partial charge in [0, 0.05) is 12.1 Å². The molecule has 0 aliphatic carbocycles. The van der Waals surface area contributed by atoms with E-state index >= 15 is 0 Å². The second-order valence-corrected chi connectivity index (χ2v) is 10.1. The molecular formula is C32H36N2O6. The molecule has 1 atom stereocenters. The van der Waals surface area contributed by atoms with E-state index in [4.69, 9.17) is 9.47 Å². The molecule has 1 aliphatic heterocycles. The summed E-state index contributed by atoms with van der Waals surface area (Å²) in [5.41, 5.74) is 2.73. The number of aryl methyl sites for hydroxylation is 1. The number of ether oxygens (including phenoxy) is 2. The quantitative estimate of drug-likeness (QED) is 0.198. The minimum Gasteiger partial charge on any atom is -0.507 e. The summed E-state index contributed by atoms with van der Waals surface area (Å²) in [4.78, 5) is 30.2. The van der Waals surface area contributed by atoms with Gasteiger partial charge >= 0.3 is 0 Å². The standard InChI is InChI=1S/C32H36N2O6/c1-5-39-27-19-23(12-15-26(27)35)29-28(31(37)32(38)34(29)17-9-16-33(3)4)30(36)25-14-13-24(18-21(25)2)40-20-22-10-7-6-8-11-22/h6-8,10-15,18-19,29,35-36H,5,9,16-17,20H2,1-4H3/t29-/m1/s1. The summed E-state index contributed by atoms with van der Waals surface area (Å²) >= 11 is 0. The Kier molecular flexibility index (Phi) is 9.11. The zero-order valence-electron chi connectivity index (χ0n) is 23.4. The molecule has 0 aromatic heterocycles. The Morgan fingerprint density at radius 1 is 1.00 bits per heavy atom. The second kappa shape index (κ2) is 12.7. The number of benzene rings is 3. The molecule has 210 valence electrons. The summed E-state index contributed by atoms with van der Waals surface area (Å²) in [6, 6.07) is 18.9.